The topological polar surface area (TPSA) is 55.5 Å². The lowest BCUT2D eigenvalue weighted by atomic mass is 10.1. The number of imidazole rings is 1. The van der Waals surface area contributed by atoms with E-state index in [-0.39, 0.29) is 0 Å². The van der Waals surface area contributed by atoms with Crippen molar-refractivity contribution in [3.63, 3.8) is 0 Å². The smallest absolute Gasteiger partial charge is 0.204 e. The zero-order valence-corrected chi connectivity index (χ0v) is 18.8. The number of para-hydroxylation sites is 2. The maximum absolute atomic E-state index is 5.84. The first-order valence-corrected chi connectivity index (χ1v) is 11.3. The van der Waals surface area contributed by atoms with Gasteiger partial charge >= 0.3 is 0 Å². The highest BCUT2D eigenvalue weighted by Gasteiger charge is 2.24. The first kappa shape index (κ1) is 20.6. The molecule has 1 aliphatic rings. The monoisotopic (exact) mass is 430 g/mol. The summed E-state index contributed by atoms with van der Waals surface area (Å²) in [6.45, 7) is 5.84. The van der Waals surface area contributed by atoms with Gasteiger partial charge in [-0.3, -0.25) is 0 Å². The van der Waals surface area contributed by atoms with Crippen LogP contribution in [0.3, 0.4) is 0 Å². The first-order valence-electron chi connectivity index (χ1n) is 11.3. The molecule has 0 amide bonds. The molecule has 4 aromatic rings. The maximum Gasteiger partial charge on any atom is 0.204 e. The van der Waals surface area contributed by atoms with Crippen molar-refractivity contribution in [2.75, 3.05) is 32.1 Å². The zero-order valence-electron chi connectivity index (χ0n) is 18.8. The standard InChI is InChI=1S/C26H30N4O2/c1-19-7-10-23(32-19)18-30-25-6-4-3-5-24(25)28-26(30)27-21-14-16-29(17-21)15-13-20-8-11-22(31-2)12-9-20/h3-12,21H,13-18H2,1-2H3,(H,27,28). The lowest BCUT2D eigenvalue weighted by molar-refractivity contribution is 0.340. The zero-order chi connectivity index (χ0) is 21.9. The molecule has 1 atom stereocenters. The quantitative estimate of drug-likeness (QED) is 0.438. The summed E-state index contributed by atoms with van der Waals surface area (Å²) < 4.78 is 13.3. The third-order valence-electron chi connectivity index (χ3n) is 6.25. The highest BCUT2D eigenvalue weighted by Crippen LogP contribution is 2.24. The minimum absolute atomic E-state index is 0.389. The third-order valence-corrected chi connectivity index (χ3v) is 6.25. The Kier molecular flexibility index (Phi) is 5.86. The van der Waals surface area contributed by atoms with E-state index in [0.29, 0.717) is 12.6 Å². The Morgan fingerprint density at radius 3 is 2.72 bits per heavy atom. The molecule has 32 heavy (non-hydrogen) atoms. The number of anilines is 1. The van der Waals surface area contributed by atoms with Crippen molar-refractivity contribution in [1.82, 2.24) is 14.5 Å². The molecule has 0 bridgehead atoms. The van der Waals surface area contributed by atoms with Crippen LogP contribution in [0.5, 0.6) is 5.75 Å². The van der Waals surface area contributed by atoms with Crippen LogP contribution in [-0.4, -0.2) is 47.2 Å². The number of rotatable bonds is 8. The van der Waals surface area contributed by atoms with Crippen LogP contribution in [-0.2, 0) is 13.0 Å². The van der Waals surface area contributed by atoms with E-state index in [0.717, 1.165) is 66.7 Å². The molecule has 6 heteroatoms. The van der Waals surface area contributed by atoms with Crippen molar-refractivity contribution in [3.05, 3.63) is 77.7 Å². The highest BCUT2D eigenvalue weighted by molar-refractivity contribution is 5.78. The van der Waals surface area contributed by atoms with Crippen LogP contribution >= 0.6 is 0 Å². The van der Waals surface area contributed by atoms with Crippen molar-refractivity contribution in [3.8, 4) is 5.75 Å². The summed E-state index contributed by atoms with van der Waals surface area (Å²) in [5, 5.41) is 3.72. The molecule has 0 radical (unpaired) electrons. The van der Waals surface area contributed by atoms with Gasteiger partial charge in [-0.05, 0) is 61.7 Å². The molecule has 0 spiro atoms. The molecule has 2 aromatic heterocycles. The van der Waals surface area contributed by atoms with E-state index >= 15 is 0 Å². The number of likely N-dealkylation sites (tertiary alicyclic amines) is 1. The summed E-state index contributed by atoms with van der Waals surface area (Å²) >= 11 is 0. The van der Waals surface area contributed by atoms with Crippen molar-refractivity contribution in [2.45, 2.75) is 32.4 Å². The minimum atomic E-state index is 0.389. The fourth-order valence-electron chi connectivity index (χ4n) is 4.49. The predicted octanol–water partition coefficient (Wildman–Crippen LogP) is 4.72. The minimum Gasteiger partial charge on any atom is -0.497 e. The van der Waals surface area contributed by atoms with E-state index in [1.54, 1.807) is 7.11 Å². The van der Waals surface area contributed by atoms with Gasteiger partial charge in [0.15, 0.2) is 0 Å². The predicted molar refractivity (Wildman–Crippen MR) is 127 cm³/mol. The molecule has 6 nitrogen and oxygen atoms in total. The summed E-state index contributed by atoms with van der Waals surface area (Å²) in [5.41, 5.74) is 3.48. The highest BCUT2D eigenvalue weighted by atomic mass is 16.5. The van der Waals surface area contributed by atoms with Crippen molar-refractivity contribution in [1.29, 1.82) is 0 Å². The lowest BCUT2D eigenvalue weighted by Gasteiger charge is -2.18. The van der Waals surface area contributed by atoms with Crippen LogP contribution in [0, 0.1) is 6.92 Å². The Balaban J connectivity index is 1.25. The number of fused-ring (bicyclic) bond motifs is 1. The van der Waals surface area contributed by atoms with Gasteiger partial charge in [-0.15, -0.1) is 0 Å². The second-order valence-corrected chi connectivity index (χ2v) is 8.55. The molecule has 2 aromatic carbocycles. The summed E-state index contributed by atoms with van der Waals surface area (Å²) in [4.78, 5) is 7.43. The SMILES string of the molecule is COc1ccc(CCN2CCC(Nc3nc4ccccc4n3Cc3ccc(C)o3)C2)cc1. The van der Waals surface area contributed by atoms with Gasteiger partial charge in [-0.1, -0.05) is 24.3 Å². The Bertz CT molecular complexity index is 1180. The molecule has 1 fully saturated rings. The molecular formula is C26H30N4O2. The second-order valence-electron chi connectivity index (χ2n) is 8.55. The normalized spacial score (nSPS) is 16.6. The summed E-state index contributed by atoms with van der Waals surface area (Å²) in [6.07, 6.45) is 2.17. The molecular weight excluding hydrogens is 400 g/mol. The number of nitrogens with one attached hydrogen (secondary N) is 1. The van der Waals surface area contributed by atoms with Gasteiger partial charge in [0.1, 0.15) is 17.3 Å². The Morgan fingerprint density at radius 2 is 1.94 bits per heavy atom. The van der Waals surface area contributed by atoms with E-state index in [2.05, 4.69) is 45.1 Å². The van der Waals surface area contributed by atoms with E-state index in [9.17, 15) is 0 Å². The van der Waals surface area contributed by atoms with Crippen LogP contribution in [0.25, 0.3) is 11.0 Å². The van der Waals surface area contributed by atoms with Crippen LogP contribution < -0.4 is 10.1 Å². The number of ether oxygens (including phenoxy) is 1. The van der Waals surface area contributed by atoms with Gasteiger partial charge in [0, 0.05) is 25.7 Å². The van der Waals surface area contributed by atoms with Crippen LogP contribution in [0.15, 0.2) is 65.1 Å². The van der Waals surface area contributed by atoms with E-state index in [1.807, 2.05) is 37.3 Å². The fourth-order valence-corrected chi connectivity index (χ4v) is 4.49. The number of methoxy groups -OCH3 is 1. The van der Waals surface area contributed by atoms with Crippen LogP contribution in [0.4, 0.5) is 5.95 Å². The maximum atomic E-state index is 5.84. The Labute approximate surface area is 188 Å². The number of nitrogens with zero attached hydrogens (tertiary/aromatic N) is 3. The molecule has 1 aliphatic heterocycles. The van der Waals surface area contributed by atoms with Gasteiger partial charge in [-0.25, -0.2) is 4.98 Å². The van der Waals surface area contributed by atoms with E-state index < -0.39 is 0 Å². The molecule has 1 unspecified atom stereocenters. The molecule has 1 saturated heterocycles. The third kappa shape index (κ3) is 4.50. The number of benzene rings is 2. The van der Waals surface area contributed by atoms with Gasteiger partial charge < -0.3 is 23.9 Å². The van der Waals surface area contributed by atoms with Gasteiger partial charge in [0.05, 0.1) is 24.7 Å². The van der Waals surface area contributed by atoms with Crippen molar-refractivity contribution >= 4 is 17.0 Å². The number of hydrogen-bond acceptors (Lipinski definition) is 5. The molecule has 0 aliphatic carbocycles. The molecule has 1 N–H and O–H groups in total. The summed E-state index contributed by atoms with van der Waals surface area (Å²) in [7, 11) is 1.70. The van der Waals surface area contributed by atoms with Crippen LogP contribution in [0.1, 0.15) is 23.5 Å². The lowest BCUT2D eigenvalue weighted by Crippen LogP contribution is -2.28. The second kappa shape index (κ2) is 9.09. The molecule has 0 saturated carbocycles. The Morgan fingerprint density at radius 1 is 1.09 bits per heavy atom. The average Bonchev–Trinajstić information content (AvgIpc) is 3.53. The number of hydrogen-bond donors (Lipinski definition) is 1. The summed E-state index contributed by atoms with van der Waals surface area (Å²) in [6, 6.07) is 21.1. The summed E-state index contributed by atoms with van der Waals surface area (Å²) in [5.74, 6) is 3.71. The largest absolute Gasteiger partial charge is 0.497 e. The van der Waals surface area contributed by atoms with Gasteiger partial charge in [0.25, 0.3) is 0 Å². The number of aromatic nitrogens is 2. The van der Waals surface area contributed by atoms with Crippen LogP contribution in [0.2, 0.25) is 0 Å². The average molecular weight is 431 g/mol. The van der Waals surface area contributed by atoms with E-state index in [4.69, 9.17) is 14.1 Å². The fraction of sp³-hybridized carbons (Fsp3) is 0.346. The number of furan rings is 1. The van der Waals surface area contributed by atoms with Crippen molar-refractivity contribution in [2.24, 2.45) is 0 Å². The van der Waals surface area contributed by atoms with Gasteiger partial charge in [0.2, 0.25) is 5.95 Å². The van der Waals surface area contributed by atoms with Crippen molar-refractivity contribution < 1.29 is 9.15 Å². The van der Waals surface area contributed by atoms with E-state index in [1.165, 1.54) is 5.56 Å². The molecule has 166 valence electrons. The first-order chi connectivity index (χ1) is 15.7. The molecule has 3 heterocycles. The number of aryl methyl sites for hydroxylation is 1. The molecule has 5 rings (SSSR count). The van der Waals surface area contributed by atoms with Gasteiger partial charge in [-0.2, -0.15) is 0 Å². The Hall–Kier alpha value is -3.25.